The molecule has 6 heteroatoms. The molecule has 0 saturated carbocycles. The van der Waals surface area contributed by atoms with Crippen molar-refractivity contribution in [2.75, 3.05) is 45.8 Å². The third kappa shape index (κ3) is 6.69. The maximum absolute atomic E-state index is 12.6. The Bertz CT molecular complexity index is 572. The largest absolute Gasteiger partial charge is 0.334 e. The van der Waals surface area contributed by atoms with Crippen LogP contribution in [0, 0.1) is 0 Å². The Kier molecular flexibility index (Phi) is 8.25. The number of carbonyl (C=O) groups is 1. The van der Waals surface area contributed by atoms with Crippen LogP contribution in [0.2, 0.25) is 5.02 Å². The Balaban J connectivity index is 1.84. The molecular formula is C19H29ClN4O. The first-order valence-corrected chi connectivity index (χ1v) is 9.34. The molecule has 0 radical (unpaired) electrons. The summed E-state index contributed by atoms with van der Waals surface area (Å²) >= 11 is 6.15. The fourth-order valence-corrected chi connectivity index (χ4v) is 3.15. The summed E-state index contributed by atoms with van der Waals surface area (Å²) in [7, 11) is 0. The number of carbonyl (C=O) groups excluding carboxylic acids is 1. The van der Waals surface area contributed by atoms with Crippen LogP contribution in [0.4, 0.5) is 4.79 Å². The van der Waals surface area contributed by atoms with Crippen molar-refractivity contribution in [3.8, 4) is 0 Å². The zero-order chi connectivity index (χ0) is 18.1. The normalized spacial score (nSPS) is 15.0. The minimum absolute atomic E-state index is 0.0665. The molecule has 1 aliphatic rings. The predicted octanol–water partition coefficient (Wildman–Crippen LogP) is 2.72. The number of piperazine rings is 1. The van der Waals surface area contributed by atoms with Crippen LogP contribution in [0.25, 0.3) is 0 Å². The van der Waals surface area contributed by atoms with Gasteiger partial charge in [0.2, 0.25) is 0 Å². The molecule has 1 heterocycles. The molecular weight excluding hydrogens is 336 g/mol. The molecule has 2 rings (SSSR count). The maximum atomic E-state index is 12.6. The van der Waals surface area contributed by atoms with Gasteiger partial charge in [0.25, 0.3) is 0 Å². The second kappa shape index (κ2) is 10.4. The van der Waals surface area contributed by atoms with Crippen molar-refractivity contribution in [2.24, 2.45) is 0 Å². The third-order valence-corrected chi connectivity index (χ3v) is 4.61. The second-order valence-corrected chi connectivity index (χ2v) is 6.86. The Labute approximate surface area is 156 Å². The van der Waals surface area contributed by atoms with Crippen LogP contribution in [0.15, 0.2) is 36.4 Å². The van der Waals surface area contributed by atoms with Gasteiger partial charge in [0, 0.05) is 57.4 Å². The summed E-state index contributed by atoms with van der Waals surface area (Å²) in [6.07, 6.45) is 0.917. The van der Waals surface area contributed by atoms with E-state index >= 15 is 0 Å². The Morgan fingerprint density at radius 3 is 2.76 bits per heavy atom. The second-order valence-electron chi connectivity index (χ2n) is 6.45. The van der Waals surface area contributed by atoms with Gasteiger partial charge in [0.05, 0.1) is 0 Å². The highest BCUT2D eigenvalue weighted by Crippen LogP contribution is 2.14. The minimum Gasteiger partial charge on any atom is -0.334 e. The summed E-state index contributed by atoms with van der Waals surface area (Å²) in [5, 5.41) is 6.99. The van der Waals surface area contributed by atoms with Gasteiger partial charge >= 0.3 is 6.03 Å². The number of halogens is 1. The molecule has 0 bridgehead atoms. The van der Waals surface area contributed by atoms with Gasteiger partial charge in [-0.2, -0.15) is 0 Å². The molecule has 1 fully saturated rings. The van der Waals surface area contributed by atoms with Gasteiger partial charge in [0.1, 0.15) is 0 Å². The summed E-state index contributed by atoms with van der Waals surface area (Å²) in [6.45, 7) is 12.9. The van der Waals surface area contributed by atoms with Crippen LogP contribution in [0.1, 0.15) is 18.9 Å². The van der Waals surface area contributed by atoms with E-state index in [1.54, 1.807) is 0 Å². The van der Waals surface area contributed by atoms with Crippen LogP contribution in [-0.2, 0) is 6.54 Å². The van der Waals surface area contributed by atoms with Crippen molar-refractivity contribution in [3.05, 3.63) is 47.0 Å². The predicted molar refractivity (Wildman–Crippen MR) is 104 cm³/mol. The summed E-state index contributed by atoms with van der Waals surface area (Å²) in [5.74, 6) is 0. The van der Waals surface area contributed by atoms with Crippen LogP contribution in [0.3, 0.4) is 0 Å². The molecule has 0 atom stereocenters. The zero-order valence-corrected chi connectivity index (χ0v) is 15.8. The molecule has 0 unspecified atom stereocenters. The molecule has 0 spiro atoms. The first-order valence-electron chi connectivity index (χ1n) is 8.96. The highest BCUT2D eigenvalue weighted by atomic mass is 35.5. The molecule has 2 amide bonds. The summed E-state index contributed by atoms with van der Waals surface area (Å²) in [5.41, 5.74) is 2.00. The van der Waals surface area contributed by atoms with Gasteiger partial charge < -0.3 is 15.5 Å². The van der Waals surface area contributed by atoms with Crippen molar-refractivity contribution >= 4 is 17.6 Å². The van der Waals surface area contributed by atoms with Crippen molar-refractivity contribution in [2.45, 2.75) is 19.9 Å². The summed E-state index contributed by atoms with van der Waals surface area (Å²) < 4.78 is 0. The molecule has 2 N–H and O–H groups in total. The van der Waals surface area contributed by atoms with Gasteiger partial charge in [-0.25, -0.2) is 4.79 Å². The number of urea groups is 1. The Morgan fingerprint density at radius 1 is 1.36 bits per heavy atom. The quantitative estimate of drug-likeness (QED) is 0.697. The lowest BCUT2D eigenvalue weighted by atomic mass is 10.2. The molecule has 1 aromatic rings. The summed E-state index contributed by atoms with van der Waals surface area (Å²) in [4.78, 5) is 16.8. The highest BCUT2D eigenvalue weighted by molar-refractivity contribution is 6.31. The van der Waals surface area contributed by atoms with Crippen molar-refractivity contribution in [1.82, 2.24) is 20.4 Å². The Hall–Kier alpha value is -1.56. The van der Waals surface area contributed by atoms with Crippen molar-refractivity contribution in [1.29, 1.82) is 0 Å². The number of nitrogens with one attached hydrogen (secondary N) is 2. The van der Waals surface area contributed by atoms with Gasteiger partial charge in [0.15, 0.2) is 0 Å². The van der Waals surface area contributed by atoms with E-state index in [1.165, 1.54) is 0 Å². The number of hydrogen-bond acceptors (Lipinski definition) is 3. The average Bonchev–Trinajstić information content (AvgIpc) is 2.61. The van der Waals surface area contributed by atoms with Crippen LogP contribution >= 0.6 is 11.6 Å². The maximum Gasteiger partial charge on any atom is 0.317 e. The molecule has 1 aromatic carbocycles. The molecule has 5 nitrogen and oxygen atoms in total. The van der Waals surface area contributed by atoms with E-state index in [9.17, 15) is 4.79 Å². The SMILES string of the molecule is C=C(CN1CCNCC1)CN(CCC)C(=O)NCc1ccccc1Cl. The number of nitrogens with zero attached hydrogens (tertiary/aromatic N) is 2. The molecule has 0 aliphatic carbocycles. The first-order chi connectivity index (χ1) is 12.1. The van der Waals surface area contributed by atoms with E-state index in [0.29, 0.717) is 18.1 Å². The van der Waals surface area contributed by atoms with Crippen LogP contribution in [0.5, 0.6) is 0 Å². The molecule has 138 valence electrons. The molecule has 1 aliphatic heterocycles. The van der Waals surface area contributed by atoms with Gasteiger partial charge in [-0.1, -0.05) is 43.3 Å². The lowest BCUT2D eigenvalue weighted by molar-refractivity contribution is 0.198. The fraction of sp³-hybridized carbons (Fsp3) is 0.526. The fourth-order valence-electron chi connectivity index (χ4n) is 2.95. The minimum atomic E-state index is -0.0665. The topological polar surface area (TPSA) is 47.6 Å². The van der Waals surface area contributed by atoms with E-state index < -0.39 is 0 Å². The zero-order valence-electron chi connectivity index (χ0n) is 15.1. The van der Waals surface area contributed by atoms with E-state index in [0.717, 1.165) is 56.8 Å². The monoisotopic (exact) mass is 364 g/mol. The van der Waals surface area contributed by atoms with E-state index in [1.807, 2.05) is 29.2 Å². The smallest absolute Gasteiger partial charge is 0.317 e. The van der Waals surface area contributed by atoms with Gasteiger partial charge in [-0.15, -0.1) is 0 Å². The average molecular weight is 365 g/mol. The standard InChI is InChI=1S/C19H29ClN4O/c1-3-10-24(15-16(2)14-23-11-8-21-9-12-23)19(25)22-13-17-6-4-5-7-18(17)20/h4-7,21H,2-3,8-15H2,1H3,(H,22,25). The molecule has 0 aromatic heterocycles. The first kappa shape index (κ1) is 19.8. The highest BCUT2D eigenvalue weighted by Gasteiger charge is 2.16. The van der Waals surface area contributed by atoms with Gasteiger partial charge in [-0.3, -0.25) is 4.90 Å². The lowest BCUT2D eigenvalue weighted by Gasteiger charge is -2.30. The Morgan fingerprint density at radius 2 is 2.08 bits per heavy atom. The number of benzene rings is 1. The van der Waals surface area contributed by atoms with E-state index in [2.05, 4.69) is 29.0 Å². The summed E-state index contributed by atoms with van der Waals surface area (Å²) in [6, 6.07) is 7.50. The number of hydrogen-bond donors (Lipinski definition) is 2. The van der Waals surface area contributed by atoms with Crippen LogP contribution < -0.4 is 10.6 Å². The van der Waals surface area contributed by atoms with Crippen molar-refractivity contribution in [3.63, 3.8) is 0 Å². The third-order valence-electron chi connectivity index (χ3n) is 4.24. The molecule has 1 saturated heterocycles. The van der Waals surface area contributed by atoms with E-state index in [4.69, 9.17) is 11.6 Å². The molecule has 25 heavy (non-hydrogen) atoms. The van der Waals surface area contributed by atoms with Crippen molar-refractivity contribution < 1.29 is 4.79 Å². The van der Waals surface area contributed by atoms with E-state index in [-0.39, 0.29) is 6.03 Å². The van der Waals surface area contributed by atoms with Crippen LogP contribution in [-0.4, -0.2) is 61.6 Å². The number of rotatable bonds is 8. The number of amides is 2. The lowest BCUT2D eigenvalue weighted by Crippen LogP contribution is -2.46. The van der Waals surface area contributed by atoms with Gasteiger partial charge in [-0.05, 0) is 23.6 Å².